The van der Waals surface area contributed by atoms with Crippen molar-refractivity contribution in [1.29, 1.82) is 0 Å². The number of aromatic nitrogens is 2. The molecule has 1 saturated carbocycles. The van der Waals surface area contributed by atoms with Crippen LogP contribution in [0.4, 0.5) is 0 Å². The van der Waals surface area contributed by atoms with Gasteiger partial charge in [-0.3, -0.25) is 4.90 Å². The molecule has 33 heavy (non-hydrogen) atoms. The van der Waals surface area contributed by atoms with Gasteiger partial charge in [0, 0.05) is 18.7 Å². The minimum absolute atomic E-state index is 0.485. The topological polar surface area (TPSA) is 39.5 Å². The van der Waals surface area contributed by atoms with Crippen LogP contribution in [-0.4, -0.2) is 47.9 Å². The maximum atomic E-state index is 6.38. The fourth-order valence-corrected chi connectivity index (χ4v) is 5.26. The normalized spacial score (nSPS) is 21.5. The molecule has 1 aliphatic heterocycles. The van der Waals surface area contributed by atoms with Crippen molar-refractivity contribution in [2.45, 2.75) is 45.2 Å². The van der Waals surface area contributed by atoms with Gasteiger partial charge in [0.25, 0.3) is 0 Å². The molecule has 6 heteroatoms. The fourth-order valence-electron chi connectivity index (χ4n) is 5.08. The Bertz CT molecular complexity index is 1090. The van der Waals surface area contributed by atoms with Gasteiger partial charge in [0.2, 0.25) is 0 Å². The van der Waals surface area contributed by atoms with E-state index in [2.05, 4.69) is 52.8 Å². The highest BCUT2D eigenvalue weighted by Crippen LogP contribution is 2.40. The van der Waals surface area contributed by atoms with Crippen molar-refractivity contribution in [3.63, 3.8) is 0 Å². The Balaban J connectivity index is 1.25. The Morgan fingerprint density at radius 2 is 1.91 bits per heavy atom. The van der Waals surface area contributed by atoms with Crippen molar-refractivity contribution in [1.82, 2.24) is 14.5 Å². The van der Waals surface area contributed by atoms with E-state index in [1.54, 1.807) is 7.11 Å². The molecule has 176 valence electrons. The highest BCUT2D eigenvalue weighted by Gasteiger charge is 2.33. The summed E-state index contributed by atoms with van der Waals surface area (Å²) in [5, 5.41) is 0.798. The molecule has 5 nitrogen and oxygen atoms in total. The first-order valence-corrected chi connectivity index (χ1v) is 12.6. The van der Waals surface area contributed by atoms with Gasteiger partial charge in [-0.1, -0.05) is 30.7 Å². The predicted molar refractivity (Wildman–Crippen MR) is 133 cm³/mol. The first-order valence-electron chi connectivity index (χ1n) is 12.2. The van der Waals surface area contributed by atoms with Gasteiger partial charge in [0.1, 0.15) is 11.6 Å². The van der Waals surface area contributed by atoms with Gasteiger partial charge in [0.15, 0.2) is 0 Å². The van der Waals surface area contributed by atoms with Gasteiger partial charge in [-0.2, -0.15) is 0 Å². The van der Waals surface area contributed by atoms with Gasteiger partial charge < -0.3 is 14.0 Å². The molecular weight excluding hydrogens is 434 g/mol. The highest BCUT2D eigenvalue weighted by atomic mass is 35.5. The molecule has 2 heterocycles. The van der Waals surface area contributed by atoms with Crippen LogP contribution < -0.4 is 4.74 Å². The van der Waals surface area contributed by atoms with Crippen LogP contribution in [0.3, 0.4) is 0 Å². The van der Waals surface area contributed by atoms with Crippen LogP contribution in [0, 0.1) is 11.8 Å². The number of hydrogen-bond donors (Lipinski definition) is 0. The lowest BCUT2D eigenvalue weighted by Gasteiger charge is -2.32. The van der Waals surface area contributed by atoms with Gasteiger partial charge in [-0.25, -0.2) is 4.98 Å². The molecule has 3 aromatic rings. The molecule has 2 aromatic carbocycles. The summed E-state index contributed by atoms with van der Waals surface area (Å²) < 4.78 is 13.9. The van der Waals surface area contributed by atoms with Crippen molar-refractivity contribution in [3.8, 4) is 5.75 Å². The van der Waals surface area contributed by atoms with Crippen molar-refractivity contribution in [3.05, 3.63) is 58.9 Å². The van der Waals surface area contributed by atoms with E-state index < -0.39 is 0 Å². The summed E-state index contributed by atoms with van der Waals surface area (Å²) in [6, 6.07) is 14.5. The Hall–Kier alpha value is -2.08. The van der Waals surface area contributed by atoms with Gasteiger partial charge >= 0.3 is 0 Å². The number of fused-ring (bicyclic) bond motifs is 1. The molecule has 0 radical (unpaired) electrons. The van der Waals surface area contributed by atoms with Crippen LogP contribution in [-0.2, 0) is 17.8 Å². The number of nitrogens with zero attached hydrogens (tertiary/aromatic N) is 3. The lowest BCUT2D eigenvalue weighted by atomic mass is 9.88. The van der Waals surface area contributed by atoms with E-state index in [4.69, 9.17) is 26.1 Å². The minimum atomic E-state index is 0.485. The summed E-state index contributed by atoms with van der Waals surface area (Å²) >= 11 is 6.38. The maximum Gasteiger partial charge on any atom is 0.124 e. The van der Waals surface area contributed by atoms with Crippen molar-refractivity contribution >= 4 is 22.6 Å². The largest absolute Gasteiger partial charge is 0.493 e. The fraction of sp³-hybridized carbons (Fsp3) is 0.519. The van der Waals surface area contributed by atoms with Gasteiger partial charge in [-0.05, 0) is 86.0 Å². The molecule has 2 fully saturated rings. The van der Waals surface area contributed by atoms with Crippen molar-refractivity contribution in [2.75, 3.05) is 33.4 Å². The maximum absolute atomic E-state index is 6.38. The van der Waals surface area contributed by atoms with E-state index in [1.165, 1.54) is 17.5 Å². The molecular formula is C27H34ClN3O2. The average Bonchev–Trinajstić information content (AvgIpc) is 3.43. The zero-order chi connectivity index (χ0) is 22.8. The molecule has 1 aliphatic carbocycles. The van der Waals surface area contributed by atoms with Crippen LogP contribution in [0.15, 0.2) is 42.5 Å². The van der Waals surface area contributed by atoms with Crippen LogP contribution in [0.25, 0.3) is 11.0 Å². The molecule has 1 saturated heterocycles. The lowest BCUT2D eigenvalue weighted by molar-refractivity contribution is 0.178. The molecule has 0 amide bonds. The molecule has 2 unspecified atom stereocenters. The van der Waals surface area contributed by atoms with E-state index in [1.807, 2.05) is 6.07 Å². The second kappa shape index (κ2) is 10.0. The third-order valence-electron chi connectivity index (χ3n) is 7.35. The van der Waals surface area contributed by atoms with Gasteiger partial charge in [-0.15, -0.1) is 0 Å². The van der Waals surface area contributed by atoms with Crippen LogP contribution >= 0.6 is 11.6 Å². The first kappa shape index (κ1) is 22.7. The van der Waals surface area contributed by atoms with Crippen LogP contribution in [0.1, 0.15) is 43.5 Å². The monoisotopic (exact) mass is 467 g/mol. The van der Waals surface area contributed by atoms with Crippen molar-refractivity contribution in [2.24, 2.45) is 11.8 Å². The molecule has 2 atom stereocenters. The molecule has 0 bridgehead atoms. The van der Waals surface area contributed by atoms with Crippen LogP contribution in [0.2, 0.25) is 5.02 Å². The number of benzene rings is 2. The number of halogens is 1. The summed E-state index contributed by atoms with van der Waals surface area (Å²) in [5.74, 6) is 4.15. The molecule has 0 spiro atoms. The smallest absolute Gasteiger partial charge is 0.124 e. The first-order chi connectivity index (χ1) is 16.1. The number of hydrogen-bond acceptors (Lipinski definition) is 4. The Labute approximate surface area is 201 Å². The number of para-hydroxylation sites is 2. The number of piperidine rings is 1. The highest BCUT2D eigenvalue weighted by molar-refractivity contribution is 6.30. The summed E-state index contributed by atoms with van der Waals surface area (Å²) in [4.78, 5) is 7.47. The zero-order valence-electron chi connectivity index (χ0n) is 19.7. The Morgan fingerprint density at radius 3 is 2.67 bits per heavy atom. The van der Waals surface area contributed by atoms with E-state index in [0.717, 1.165) is 73.7 Å². The van der Waals surface area contributed by atoms with E-state index in [9.17, 15) is 0 Å². The minimum Gasteiger partial charge on any atom is -0.493 e. The Kier molecular flexibility index (Phi) is 6.91. The predicted octanol–water partition coefficient (Wildman–Crippen LogP) is 5.75. The standard InChI is InChI=1S/C27H34ClN3O2/c1-19-15-21(19)18-33-26-8-7-22(28)16-23(26)20-9-11-30(12-10-20)17-27-29-24-5-3-4-6-25(24)31(27)13-14-32-2/h3-8,16,19-21H,9-15,17-18H2,1-2H3. The quantitative estimate of drug-likeness (QED) is 0.401. The van der Waals surface area contributed by atoms with E-state index in [0.29, 0.717) is 18.4 Å². The zero-order valence-corrected chi connectivity index (χ0v) is 20.4. The molecule has 2 aliphatic rings. The number of imidazole rings is 1. The Morgan fingerprint density at radius 1 is 1.12 bits per heavy atom. The third kappa shape index (κ3) is 5.21. The second-order valence-electron chi connectivity index (χ2n) is 9.68. The summed E-state index contributed by atoms with van der Waals surface area (Å²) in [5.41, 5.74) is 3.53. The van der Waals surface area contributed by atoms with Gasteiger partial charge in [0.05, 0.1) is 30.8 Å². The molecule has 5 rings (SSSR count). The lowest BCUT2D eigenvalue weighted by Crippen LogP contribution is -2.33. The summed E-state index contributed by atoms with van der Waals surface area (Å²) in [6.07, 6.45) is 3.50. The number of ether oxygens (including phenoxy) is 2. The second-order valence-corrected chi connectivity index (χ2v) is 10.1. The SMILES string of the molecule is COCCn1c(CN2CCC(c3cc(Cl)ccc3OCC3CC3C)CC2)nc2ccccc21. The van der Waals surface area contributed by atoms with E-state index in [-0.39, 0.29) is 0 Å². The number of likely N-dealkylation sites (tertiary alicyclic amines) is 1. The van der Waals surface area contributed by atoms with E-state index >= 15 is 0 Å². The number of rotatable bonds is 9. The average molecular weight is 468 g/mol. The van der Waals surface area contributed by atoms with Crippen molar-refractivity contribution < 1.29 is 9.47 Å². The summed E-state index contributed by atoms with van der Waals surface area (Å²) in [7, 11) is 1.75. The summed E-state index contributed by atoms with van der Waals surface area (Å²) in [6.45, 7) is 7.60. The molecule has 0 N–H and O–H groups in total. The number of methoxy groups -OCH3 is 1. The third-order valence-corrected chi connectivity index (χ3v) is 7.58. The molecule has 1 aromatic heterocycles. The van der Waals surface area contributed by atoms with Crippen LogP contribution in [0.5, 0.6) is 5.75 Å².